The standard InChI is InChI=1S/C66H45NO/c1-64(2)52-25-11-4-18-42(52)48-34-32-40(38-58(48)64)67(41-33-35-49-47-23-9-16-30-57(47)66(59(49)39-41)55-28-14-7-21-45(55)46-22-8-15-29-56(46)66)60-37-36-51-50-24-10-17-31-61(50)68-63(51)62(60)65(3)53-26-12-5-19-43(53)44-20-6-13-27-54(44)65/h4-39H,1-3H3. The maximum atomic E-state index is 7.25. The average Bonchev–Trinajstić information content (AvgIpc) is 4.13. The molecular formula is C66H45NO. The molecule has 1 spiro atoms. The number of nitrogens with zero attached hydrogens (tertiary/aromatic N) is 1. The Morgan fingerprint density at radius 3 is 1.31 bits per heavy atom. The van der Waals surface area contributed by atoms with Gasteiger partial charge in [0.2, 0.25) is 0 Å². The van der Waals surface area contributed by atoms with Crippen molar-refractivity contribution in [3.8, 4) is 44.5 Å². The summed E-state index contributed by atoms with van der Waals surface area (Å²) in [6, 6.07) is 82.1. The van der Waals surface area contributed by atoms with E-state index in [9.17, 15) is 0 Å². The molecule has 0 unspecified atom stereocenters. The first-order valence-corrected chi connectivity index (χ1v) is 24.0. The summed E-state index contributed by atoms with van der Waals surface area (Å²) in [7, 11) is 0. The third-order valence-electron chi connectivity index (χ3n) is 16.6. The van der Waals surface area contributed by atoms with E-state index in [0.29, 0.717) is 0 Å². The first kappa shape index (κ1) is 38.0. The lowest BCUT2D eigenvalue weighted by Crippen LogP contribution is -2.27. The Kier molecular flexibility index (Phi) is 7.39. The first-order chi connectivity index (χ1) is 33.4. The lowest BCUT2D eigenvalue weighted by Gasteiger charge is -2.36. The molecule has 11 aromatic rings. The summed E-state index contributed by atoms with van der Waals surface area (Å²) < 4.78 is 7.25. The average molecular weight is 868 g/mol. The molecule has 0 saturated carbocycles. The van der Waals surface area contributed by atoms with Gasteiger partial charge in [-0.1, -0.05) is 190 Å². The lowest BCUT2D eigenvalue weighted by atomic mass is 9.70. The molecule has 68 heavy (non-hydrogen) atoms. The highest BCUT2D eigenvalue weighted by Gasteiger charge is 2.52. The minimum Gasteiger partial charge on any atom is -0.456 e. The van der Waals surface area contributed by atoms with Crippen LogP contribution in [0.2, 0.25) is 0 Å². The summed E-state index contributed by atoms with van der Waals surface area (Å²) >= 11 is 0. The molecule has 0 bridgehead atoms. The SMILES string of the molecule is CC1(C)c2ccccc2-c2ccc(N(c3ccc4c(c3)C3(c5ccccc5-c5ccccc53)c3ccccc3-4)c3ccc4c(oc5ccccc54)c3C3(C)c4ccccc4-c4ccccc43)cc21. The van der Waals surface area contributed by atoms with Gasteiger partial charge >= 0.3 is 0 Å². The van der Waals surface area contributed by atoms with Gasteiger partial charge in [-0.2, -0.15) is 0 Å². The minimum atomic E-state index is -0.585. The Balaban J connectivity index is 1.07. The Bertz CT molecular complexity index is 3880. The van der Waals surface area contributed by atoms with E-state index in [2.05, 4.69) is 244 Å². The summed E-state index contributed by atoms with van der Waals surface area (Å²) in [4.78, 5) is 2.57. The summed E-state index contributed by atoms with van der Waals surface area (Å²) in [5.74, 6) is 0. The molecule has 0 N–H and O–H groups in total. The van der Waals surface area contributed by atoms with Crippen LogP contribution in [-0.4, -0.2) is 0 Å². The number of anilines is 3. The highest BCUT2D eigenvalue weighted by atomic mass is 16.3. The predicted molar refractivity (Wildman–Crippen MR) is 280 cm³/mol. The number of benzene rings is 10. The molecule has 0 fully saturated rings. The fourth-order valence-corrected chi connectivity index (χ4v) is 13.7. The fourth-order valence-electron chi connectivity index (χ4n) is 13.7. The van der Waals surface area contributed by atoms with Crippen molar-refractivity contribution in [2.75, 3.05) is 4.90 Å². The van der Waals surface area contributed by atoms with Gasteiger partial charge in [0.1, 0.15) is 11.2 Å². The summed E-state index contributed by atoms with van der Waals surface area (Å²) in [6.45, 7) is 7.21. The second-order valence-electron chi connectivity index (χ2n) is 20.0. The second-order valence-corrected chi connectivity index (χ2v) is 20.0. The van der Waals surface area contributed by atoms with Gasteiger partial charge in [0, 0.05) is 38.5 Å². The molecule has 1 heterocycles. The van der Waals surface area contributed by atoms with Crippen molar-refractivity contribution in [1.82, 2.24) is 0 Å². The van der Waals surface area contributed by atoms with Crippen molar-refractivity contribution in [1.29, 1.82) is 0 Å². The Labute approximate surface area is 396 Å². The molecule has 2 nitrogen and oxygen atoms in total. The molecule has 1 aromatic heterocycles. The minimum absolute atomic E-state index is 0.199. The van der Waals surface area contributed by atoms with Gasteiger partial charge in [0.15, 0.2) is 0 Å². The van der Waals surface area contributed by atoms with E-state index in [1.807, 2.05) is 0 Å². The van der Waals surface area contributed by atoms with Gasteiger partial charge in [0.05, 0.1) is 11.1 Å². The van der Waals surface area contributed by atoms with E-state index >= 15 is 0 Å². The van der Waals surface area contributed by atoms with Crippen LogP contribution in [0.5, 0.6) is 0 Å². The van der Waals surface area contributed by atoms with E-state index in [1.54, 1.807) is 0 Å². The van der Waals surface area contributed by atoms with Crippen LogP contribution < -0.4 is 4.90 Å². The maximum absolute atomic E-state index is 7.25. The number of fused-ring (bicyclic) bond motifs is 19. The summed E-state index contributed by atoms with van der Waals surface area (Å²) in [6.07, 6.45) is 0. The Morgan fingerprint density at radius 1 is 0.338 bits per heavy atom. The van der Waals surface area contributed by atoms with E-state index in [0.717, 1.165) is 44.6 Å². The molecule has 15 rings (SSSR count). The molecule has 0 aliphatic heterocycles. The van der Waals surface area contributed by atoms with Crippen LogP contribution in [0.25, 0.3) is 66.4 Å². The third-order valence-corrected chi connectivity index (χ3v) is 16.6. The molecule has 10 aromatic carbocycles. The smallest absolute Gasteiger partial charge is 0.141 e. The van der Waals surface area contributed by atoms with Crippen LogP contribution in [-0.2, 0) is 16.2 Å². The summed E-state index contributed by atoms with van der Waals surface area (Å²) in [5, 5.41) is 2.24. The van der Waals surface area contributed by atoms with Crippen molar-refractivity contribution in [2.45, 2.75) is 37.0 Å². The fraction of sp³-hybridized carbons (Fsp3) is 0.0909. The number of hydrogen-bond donors (Lipinski definition) is 0. The molecule has 0 radical (unpaired) electrons. The normalized spacial score (nSPS) is 15.3. The van der Waals surface area contributed by atoms with Gasteiger partial charge < -0.3 is 9.32 Å². The van der Waals surface area contributed by atoms with Crippen LogP contribution in [0.1, 0.15) is 70.8 Å². The third kappa shape index (κ3) is 4.58. The zero-order valence-electron chi connectivity index (χ0n) is 38.1. The van der Waals surface area contributed by atoms with Crippen LogP contribution in [0.3, 0.4) is 0 Å². The van der Waals surface area contributed by atoms with Crippen LogP contribution in [0.4, 0.5) is 17.1 Å². The predicted octanol–water partition coefficient (Wildman–Crippen LogP) is 17.0. The van der Waals surface area contributed by atoms with Crippen LogP contribution in [0.15, 0.2) is 223 Å². The van der Waals surface area contributed by atoms with Gasteiger partial charge in [-0.3, -0.25) is 0 Å². The van der Waals surface area contributed by atoms with Gasteiger partial charge in [0.25, 0.3) is 0 Å². The topological polar surface area (TPSA) is 16.4 Å². The second kappa shape index (κ2) is 13.2. The Hall–Kier alpha value is -8.20. The molecule has 0 atom stereocenters. The molecule has 0 amide bonds. The largest absolute Gasteiger partial charge is 0.456 e. The molecule has 4 aliphatic rings. The van der Waals surface area contributed by atoms with Crippen molar-refractivity contribution in [3.05, 3.63) is 268 Å². The van der Waals surface area contributed by atoms with Crippen LogP contribution in [0, 0.1) is 0 Å². The number of furan rings is 1. The maximum Gasteiger partial charge on any atom is 0.141 e. The van der Waals surface area contributed by atoms with E-state index in [4.69, 9.17) is 4.42 Å². The molecule has 2 heteroatoms. The van der Waals surface area contributed by atoms with Gasteiger partial charge in [-0.15, -0.1) is 0 Å². The highest BCUT2D eigenvalue weighted by molar-refractivity contribution is 6.09. The number of hydrogen-bond acceptors (Lipinski definition) is 2. The number of rotatable bonds is 4. The van der Waals surface area contributed by atoms with Crippen molar-refractivity contribution >= 4 is 39.0 Å². The highest BCUT2D eigenvalue weighted by Crippen LogP contribution is 2.64. The van der Waals surface area contributed by atoms with E-state index < -0.39 is 10.8 Å². The zero-order chi connectivity index (χ0) is 45.1. The Morgan fingerprint density at radius 2 is 0.750 bits per heavy atom. The zero-order valence-corrected chi connectivity index (χ0v) is 38.1. The lowest BCUT2D eigenvalue weighted by molar-refractivity contribution is 0.638. The van der Waals surface area contributed by atoms with Crippen LogP contribution >= 0.6 is 0 Å². The van der Waals surface area contributed by atoms with Crippen molar-refractivity contribution in [2.24, 2.45) is 0 Å². The molecular weight excluding hydrogens is 823 g/mol. The molecule has 0 saturated heterocycles. The summed E-state index contributed by atoms with van der Waals surface area (Å²) in [5.41, 5.74) is 25.9. The number of para-hydroxylation sites is 1. The van der Waals surface area contributed by atoms with E-state index in [-0.39, 0.29) is 5.41 Å². The molecule has 320 valence electrons. The first-order valence-electron chi connectivity index (χ1n) is 24.0. The van der Waals surface area contributed by atoms with Crippen molar-refractivity contribution in [3.63, 3.8) is 0 Å². The van der Waals surface area contributed by atoms with Gasteiger partial charge in [-0.25, -0.2) is 0 Å². The monoisotopic (exact) mass is 867 g/mol. The van der Waals surface area contributed by atoms with E-state index in [1.165, 1.54) is 89.0 Å². The quantitative estimate of drug-likeness (QED) is 0.175. The van der Waals surface area contributed by atoms with Gasteiger partial charge in [-0.05, 0) is 138 Å². The van der Waals surface area contributed by atoms with Crippen molar-refractivity contribution < 1.29 is 4.42 Å². The molecule has 4 aliphatic carbocycles.